The van der Waals surface area contributed by atoms with Crippen molar-refractivity contribution in [3.63, 3.8) is 0 Å². The van der Waals surface area contributed by atoms with Crippen molar-refractivity contribution in [2.24, 2.45) is 0 Å². The van der Waals surface area contributed by atoms with Crippen molar-refractivity contribution in [3.05, 3.63) is 33.2 Å². The van der Waals surface area contributed by atoms with E-state index in [1.54, 1.807) is 6.07 Å². The lowest BCUT2D eigenvalue weighted by atomic mass is 10.1. The summed E-state index contributed by atoms with van der Waals surface area (Å²) in [7, 11) is 0. The number of hydrogen-bond acceptors (Lipinski definition) is 2. The molecule has 1 aromatic rings. The van der Waals surface area contributed by atoms with E-state index in [-0.39, 0.29) is 18.0 Å². The van der Waals surface area contributed by atoms with Gasteiger partial charge in [-0.3, -0.25) is 4.79 Å². The molecule has 0 radical (unpaired) electrons. The summed E-state index contributed by atoms with van der Waals surface area (Å²) in [6, 6.07) is 2.28. The van der Waals surface area contributed by atoms with E-state index in [1.807, 2.05) is 11.5 Å². The first-order valence-corrected chi connectivity index (χ1v) is 5.22. The molecule has 0 spiro atoms. The second-order valence-corrected chi connectivity index (χ2v) is 4.30. The minimum atomic E-state index is 0. The number of aryl methyl sites for hydroxylation is 1. The second-order valence-electron chi connectivity index (χ2n) is 4.30. The Balaban J connectivity index is 0.000000853. The minimum absolute atomic E-state index is 0. The smallest absolute Gasteiger partial charge is 0.251 e. The van der Waals surface area contributed by atoms with Crippen LogP contribution in [0.4, 0.5) is 0 Å². The van der Waals surface area contributed by atoms with E-state index in [1.165, 1.54) is 24.1 Å². The van der Waals surface area contributed by atoms with Crippen LogP contribution < -0.4 is 10.9 Å². The highest BCUT2D eigenvalue weighted by Gasteiger charge is 2.29. The monoisotopic (exact) mass is 226 g/mol. The second kappa shape index (κ2) is 3.65. The molecule has 15 heavy (non-hydrogen) atoms. The van der Waals surface area contributed by atoms with Gasteiger partial charge in [0, 0.05) is 30.9 Å². The van der Waals surface area contributed by atoms with Crippen molar-refractivity contribution in [2.45, 2.75) is 38.9 Å². The fourth-order valence-electron chi connectivity index (χ4n) is 2.32. The van der Waals surface area contributed by atoms with Crippen LogP contribution >= 0.6 is 12.4 Å². The Labute approximate surface area is 94.9 Å². The lowest BCUT2D eigenvalue weighted by molar-refractivity contribution is 0.648. The standard InChI is InChI=1S/C11H14N2O.ClH/c1-7-4-11(14)13(8-2-3-8)10-6-12-5-9(7)10;/h4,8,12H,2-3,5-6H2,1H3;1H. The van der Waals surface area contributed by atoms with Gasteiger partial charge in [0.05, 0.1) is 0 Å². The van der Waals surface area contributed by atoms with Crippen LogP contribution in [0.15, 0.2) is 10.9 Å². The molecule has 0 bridgehead atoms. The van der Waals surface area contributed by atoms with Gasteiger partial charge in [-0.1, -0.05) is 0 Å². The first kappa shape index (κ1) is 10.7. The number of nitrogens with one attached hydrogen (secondary N) is 1. The molecule has 0 atom stereocenters. The number of aromatic nitrogens is 1. The van der Waals surface area contributed by atoms with E-state index in [0.717, 1.165) is 18.7 Å². The molecule has 0 amide bonds. The summed E-state index contributed by atoms with van der Waals surface area (Å²) in [4.78, 5) is 11.8. The Morgan fingerprint density at radius 1 is 1.40 bits per heavy atom. The summed E-state index contributed by atoms with van der Waals surface area (Å²) in [5.41, 5.74) is 3.91. The summed E-state index contributed by atoms with van der Waals surface area (Å²) in [5.74, 6) is 0. The third-order valence-electron chi connectivity index (χ3n) is 3.20. The predicted octanol–water partition coefficient (Wildman–Crippen LogP) is 1.52. The Bertz CT molecular complexity index is 449. The normalized spacial score (nSPS) is 18.5. The van der Waals surface area contributed by atoms with Gasteiger partial charge in [0.15, 0.2) is 0 Å². The minimum Gasteiger partial charge on any atom is -0.308 e. The molecule has 0 saturated heterocycles. The molecule has 1 aliphatic carbocycles. The number of fused-ring (bicyclic) bond motifs is 1. The summed E-state index contributed by atoms with van der Waals surface area (Å²) >= 11 is 0. The third kappa shape index (κ3) is 1.60. The molecule has 2 aliphatic rings. The summed E-state index contributed by atoms with van der Waals surface area (Å²) in [5, 5.41) is 3.32. The molecule has 82 valence electrons. The maximum Gasteiger partial charge on any atom is 0.251 e. The van der Waals surface area contributed by atoms with Gasteiger partial charge in [0.25, 0.3) is 5.56 Å². The Morgan fingerprint density at radius 2 is 2.13 bits per heavy atom. The molecule has 3 nitrogen and oxygen atoms in total. The van der Waals surface area contributed by atoms with Crippen molar-refractivity contribution in [1.29, 1.82) is 0 Å². The van der Waals surface area contributed by atoms with E-state index < -0.39 is 0 Å². The number of pyridine rings is 1. The van der Waals surface area contributed by atoms with Crippen molar-refractivity contribution in [3.8, 4) is 0 Å². The number of hydrogen-bond donors (Lipinski definition) is 1. The van der Waals surface area contributed by atoms with Crippen molar-refractivity contribution in [2.75, 3.05) is 0 Å². The van der Waals surface area contributed by atoms with Crippen LogP contribution in [0.1, 0.15) is 35.7 Å². The van der Waals surface area contributed by atoms with Gasteiger partial charge in [-0.25, -0.2) is 0 Å². The van der Waals surface area contributed by atoms with Crippen molar-refractivity contribution in [1.82, 2.24) is 9.88 Å². The summed E-state index contributed by atoms with van der Waals surface area (Å²) in [6.07, 6.45) is 2.35. The predicted molar refractivity (Wildman–Crippen MR) is 61.5 cm³/mol. The van der Waals surface area contributed by atoms with Gasteiger partial charge in [-0.05, 0) is 30.9 Å². The van der Waals surface area contributed by atoms with Gasteiger partial charge in [-0.2, -0.15) is 0 Å². The van der Waals surface area contributed by atoms with Gasteiger partial charge >= 0.3 is 0 Å². The van der Waals surface area contributed by atoms with Crippen molar-refractivity contribution < 1.29 is 0 Å². The topological polar surface area (TPSA) is 34.0 Å². The van der Waals surface area contributed by atoms with E-state index in [2.05, 4.69) is 5.32 Å². The maximum atomic E-state index is 11.8. The van der Waals surface area contributed by atoms with Crippen LogP contribution in [-0.2, 0) is 13.1 Å². The molecule has 0 aromatic carbocycles. The fraction of sp³-hybridized carbons (Fsp3) is 0.545. The third-order valence-corrected chi connectivity index (χ3v) is 3.20. The molecule has 2 heterocycles. The quantitative estimate of drug-likeness (QED) is 0.788. The highest BCUT2D eigenvalue weighted by molar-refractivity contribution is 5.85. The molecule has 4 heteroatoms. The SMILES string of the molecule is Cc1cc(=O)n(C2CC2)c2c1CNC2.Cl. The number of halogens is 1. The van der Waals surface area contributed by atoms with E-state index in [0.29, 0.717) is 6.04 Å². The average molecular weight is 227 g/mol. The molecule has 3 rings (SSSR count). The Morgan fingerprint density at radius 3 is 2.80 bits per heavy atom. The van der Waals surface area contributed by atoms with E-state index in [4.69, 9.17) is 0 Å². The van der Waals surface area contributed by atoms with Crippen LogP contribution in [0.2, 0.25) is 0 Å². The van der Waals surface area contributed by atoms with Crippen LogP contribution in [-0.4, -0.2) is 4.57 Å². The van der Waals surface area contributed by atoms with Crippen LogP contribution in [0.5, 0.6) is 0 Å². The fourth-order valence-corrected chi connectivity index (χ4v) is 2.32. The van der Waals surface area contributed by atoms with Gasteiger partial charge in [0.2, 0.25) is 0 Å². The highest BCUT2D eigenvalue weighted by atomic mass is 35.5. The Kier molecular flexibility index (Phi) is 2.61. The molecule has 1 aromatic heterocycles. The van der Waals surface area contributed by atoms with Gasteiger partial charge in [-0.15, -0.1) is 12.4 Å². The lowest BCUT2D eigenvalue weighted by Gasteiger charge is -2.11. The lowest BCUT2D eigenvalue weighted by Crippen LogP contribution is -2.23. The highest BCUT2D eigenvalue weighted by Crippen LogP contribution is 2.36. The zero-order chi connectivity index (χ0) is 9.71. The zero-order valence-electron chi connectivity index (χ0n) is 8.75. The number of rotatable bonds is 1. The molecule has 1 fully saturated rings. The zero-order valence-corrected chi connectivity index (χ0v) is 9.56. The molecule has 1 N–H and O–H groups in total. The van der Waals surface area contributed by atoms with Gasteiger partial charge in [0.1, 0.15) is 0 Å². The average Bonchev–Trinajstić information content (AvgIpc) is 2.81. The summed E-state index contributed by atoms with van der Waals surface area (Å²) in [6.45, 7) is 3.82. The molecule has 1 aliphatic heterocycles. The molecule has 1 saturated carbocycles. The molecular weight excluding hydrogens is 212 g/mol. The first-order chi connectivity index (χ1) is 6.77. The Hall–Kier alpha value is -0.800. The molecular formula is C11H15ClN2O. The van der Waals surface area contributed by atoms with Crippen LogP contribution in [0, 0.1) is 6.92 Å². The first-order valence-electron chi connectivity index (χ1n) is 5.22. The van der Waals surface area contributed by atoms with Crippen molar-refractivity contribution >= 4 is 12.4 Å². The largest absolute Gasteiger partial charge is 0.308 e. The van der Waals surface area contributed by atoms with E-state index in [9.17, 15) is 4.79 Å². The maximum absolute atomic E-state index is 11.8. The van der Waals surface area contributed by atoms with Gasteiger partial charge < -0.3 is 9.88 Å². The number of nitrogens with zero attached hydrogens (tertiary/aromatic N) is 1. The van der Waals surface area contributed by atoms with Crippen LogP contribution in [0.3, 0.4) is 0 Å². The van der Waals surface area contributed by atoms with E-state index >= 15 is 0 Å². The molecule has 0 unspecified atom stereocenters. The summed E-state index contributed by atoms with van der Waals surface area (Å²) < 4.78 is 2.00. The van der Waals surface area contributed by atoms with Crippen LogP contribution in [0.25, 0.3) is 0 Å².